The number of thioether (sulfide) groups is 1. The molecule has 1 aromatic carbocycles. The van der Waals surface area contributed by atoms with Crippen molar-refractivity contribution in [3.63, 3.8) is 0 Å². The number of carbonyl (C=O) groups is 1. The lowest BCUT2D eigenvalue weighted by Crippen LogP contribution is -2.46. The predicted molar refractivity (Wildman–Crippen MR) is 110 cm³/mol. The van der Waals surface area contributed by atoms with E-state index in [1.54, 1.807) is 19.0 Å². The quantitative estimate of drug-likeness (QED) is 0.542. The van der Waals surface area contributed by atoms with Gasteiger partial charge in [-0.15, -0.1) is 0 Å². The van der Waals surface area contributed by atoms with Gasteiger partial charge in [0, 0.05) is 29.9 Å². The highest BCUT2D eigenvalue weighted by Crippen LogP contribution is 2.36. The number of nitrogens with zero attached hydrogens (tertiary/aromatic N) is 2. The van der Waals surface area contributed by atoms with Gasteiger partial charge in [0.05, 0.1) is 13.1 Å². The molecule has 2 N–H and O–H groups in total. The summed E-state index contributed by atoms with van der Waals surface area (Å²) in [4.78, 5) is 18.1. The van der Waals surface area contributed by atoms with Crippen molar-refractivity contribution in [3.8, 4) is 0 Å². The Hall–Kier alpha value is -1.21. The highest BCUT2D eigenvalue weighted by atomic mass is 79.9. The van der Waals surface area contributed by atoms with Gasteiger partial charge in [-0.2, -0.15) is 11.8 Å². The number of aliphatic imine (C=N–C) groups is 1. The molecule has 1 heterocycles. The fraction of sp³-hybridized carbons (Fsp3) is 0.556. The average Bonchev–Trinajstić information content (AvgIpc) is 3.02. The zero-order chi connectivity index (χ0) is 18.3. The van der Waals surface area contributed by atoms with E-state index in [0.29, 0.717) is 12.5 Å². The smallest absolute Gasteiger partial charge is 0.241 e. The lowest BCUT2D eigenvalue weighted by atomic mass is 10.1. The molecule has 0 bridgehead atoms. The van der Waals surface area contributed by atoms with Crippen LogP contribution < -0.4 is 10.6 Å². The molecule has 1 aromatic rings. The maximum Gasteiger partial charge on any atom is 0.241 e. The third kappa shape index (κ3) is 6.90. The molecular weight excluding hydrogens is 400 g/mol. The fourth-order valence-corrected chi connectivity index (χ4v) is 4.01. The molecule has 7 heteroatoms. The van der Waals surface area contributed by atoms with Crippen molar-refractivity contribution in [3.05, 3.63) is 34.3 Å². The lowest BCUT2D eigenvalue weighted by molar-refractivity contribution is -0.127. The molecule has 1 amide bonds. The normalized spacial score (nSPS) is 20.4. The van der Waals surface area contributed by atoms with E-state index in [1.165, 1.54) is 18.6 Å². The Morgan fingerprint density at radius 3 is 2.64 bits per heavy atom. The van der Waals surface area contributed by atoms with E-state index in [2.05, 4.69) is 38.5 Å². The monoisotopic (exact) mass is 426 g/mol. The molecular formula is C18H27BrN4OS. The number of benzene rings is 1. The molecule has 2 rings (SSSR count). The van der Waals surface area contributed by atoms with E-state index < -0.39 is 0 Å². The van der Waals surface area contributed by atoms with Crippen molar-refractivity contribution in [2.45, 2.75) is 31.1 Å². The summed E-state index contributed by atoms with van der Waals surface area (Å²) in [6, 6.07) is 8.11. The van der Waals surface area contributed by atoms with E-state index >= 15 is 0 Å². The number of nitrogens with one attached hydrogen (secondary N) is 2. The molecule has 0 saturated carbocycles. The van der Waals surface area contributed by atoms with Crippen LogP contribution in [0.5, 0.6) is 0 Å². The second kappa shape index (κ2) is 9.48. The summed E-state index contributed by atoms with van der Waals surface area (Å²) in [6.45, 7) is 3.95. The number of likely N-dealkylation sites (N-methyl/N-ethyl adjacent to an activating group) is 1. The summed E-state index contributed by atoms with van der Waals surface area (Å²) in [6.07, 6.45) is 2.47. The Morgan fingerprint density at radius 2 is 2.04 bits per heavy atom. The van der Waals surface area contributed by atoms with Gasteiger partial charge in [0.2, 0.25) is 5.91 Å². The molecule has 25 heavy (non-hydrogen) atoms. The Kier molecular flexibility index (Phi) is 7.62. The van der Waals surface area contributed by atoms with E-state index in [0.717, 1.165) is 16.6 Å². The number of rotatable bonds is 6. The molecule has 5 nitrogen and oxygen atoms in total. The van der Waals surface area contributed by atoms with Gasteiger partial charge in [-0.3, -0.25) is 4.79 Å². The van der Waals surface area contributed by atoms with Crippen molar-refractivity contribution in [1.29, 1.82) is 0 Å². The first-order chi connectivity index (χ1) is 11.9. The third-order valence-electron chi connectivity index (χ3n) is 4.17. The van der Waals surface area contributed by atoms with Gasteiger partial charge in [-0.25, -0.2) is 4.99 Å². The molecule has 0 radical (unpaired) electrons. The summed E-state index contributed by atoms with van der Waals surface area (Å²) in [5, 5.41) is 6.57. The molecule has 138 valence electrons. The van der Waals surface area contributed by atoms with Crippen LogP contribution in [-0.2, 0) is 11.3 Å². The fourth-order valence-electron chi connectivity index (χ4n) is 2.50. The minimum Gasteiger partial charge on any atom is -0.355 e. The maximum absolute atomic E-state index is 11.9. The molecule has 1 aliphatic rings. The summed E-state index contributed by atoms with van der Waals surface area (Å²) >= 11 is 5.45. The van der Waals surface area contributed by atoms with Crippen LogP contribution in [0.3, 0.4) is 0 Å². The van der Waals surface area contributed by atoms with E-state index in [-0.39, 0.29) is 17.2 Å². The van der Waals surface area contributed by atoms with Gasteiger partial charge >= 0.3 is 0 Å². The zero-order valence-corrected chi connectivity index (χ0v) is 17.5. The minimum atomic E-state index is 0.0274. The number of guanidine groups is 1. The third-order valence-corrected chi connectivity index (χ3v) is 6.24. The second-order valence-electron chi connectivity index (χ2n) is 6.69. The molecule has 1 aliphatic heterocycles. The molecule has 0 spiro atoms. The van der Waals surface area contributed by atoms with Crippen LogP contribution in [0.15, 0.2) is 33.7 Å². The van der Waals surface area contributed by atoms with Crippen LogP contribution in [0.1, 0.15) is 25.3 Å². The zero-order valence-electron chi connectivity index (χ0n) is 15.1. The Morgan fingerprint density at radius 1 is 1.32 bits per heavy atom. The summed E-state index contributed by atoms with van der Waals surface area (Å²) < 4.78 is 1.30. The van der Waals surface area contributed by atoms with Gasteiger partial charge in [-0.1, -0.05) is 28.1 Å². The summed E-state index contributed by atoms with van der Waals surface area (Å²) in [5.41, 5.74) is 1.13. The summed E-state index contributed by atoms with van der Waals surface area (Å²) in [5.74, 6) is 1.93. The number of carbonyl (C=O) groups excluding carboxylic acids is 1. The van der Waals surface area contributed by atoms with Crippen molar-refractivity contribution in [2.75, 3.05) is 32.9 Å². The van der Waals surface area contributed by atoms with Crippen molar-refractivity contribution < 1.29 is 4.79 Å². The molecule has 1 fully saturated rings. The molecule has 0 aromatic heterocycles. The molecule has 1 atom stereocenters. The van der Waals surface area contributed by atoms with Crippen molar-refractivity contribution in [1.82, 2.24) is 15.5 Å². The van der Waals surface area contributed by atoms with Crippen LogP contribution in [0.25, 0.3) is 0 Å². The van der Waals surface area contributed by atoms with Gasteiger partial charge in [-0.05, 0) is 43.2 Å². The van der Waals surface area contributed by atoms with Gasteiger partial charge in [0.25, 0.3) is 0 Å². The Balaban J connectivity index is 1.97. The predicted octanol–water partition coefficient (Wildman–Crippen LogP) is 2.86. The Labute approximate surface area is 163 Å². The number of hydrogen-bond acceptors (Lipinski definition) is 3. The van der Waals surface area contributed by atoms with Gasteiger partial charge < -0.3 is 15.5 Å². The second-order valence-corrected chi connectivity index (χ2v) is 9.29. The van der Waals surface area contributed by atoms with Crippen LogP contribution >= 0.6 is 27.7 Å². The highest BCUT2D eigenvalue weighted by Gasteiger charge is 2.29. The van der Waals surface area contributed by atoms with Crippen molar-refractivity contribution in [2.24, 2.45) is 4.99 Å². The SMILES string of the molecule is CN(C)C(=O)CNC(=NCc1ccc(Br)cc1)NCC1(C)CCCS1. The molecule has 0 aliphatic carbocycles. The summed E-state index contributed by atoms with van der Waals surface area (Å²) in [7, 11) is 3.51. The van der Waals surface area contributed by atoms with Crippen LogP contribution in [0.4, 0.5) is 0 Å². The standard InChI is InChI=1S/C18H27BrN4OS/c1-18(9-4-10-25-18)13-22-17(21-12-16(24)23(2)3)20-11-14-5-7-15(19)8-6-14/h5-8H,4,9-13H2,1-3H3,(H2,20,21,22). The van der Waals surface area contributed by atoms with Crippen LogP contribution in [0.2, 0.25) is 0 Å². The average molecular weight is 427 g/mol. The topological polar surface area (TPSA) is 56.7 Å². The van der Waals surface area contributed by atoms with Crippen molar-refractivity contribution >= 4 is 39.6 Å². The van der Waals surface area contributed by atoms with Crippen LogP contribution in [0, 0.1) is 0 Å². The first kappa shape index (κ1) is 20.1. The Bertz CT molecular complexity index is 598. The van der Waals surface area contributed by atoms with Crippen LogP contribution in [-0.4, -0.2) is 54.5 Å². The molecule has 1 saturated heterocycles. The number of hydrogen-bond donors (Lipinski definition) is 2. The van der Waals surface area contributed by atoms with Gasteiger partial charge in [0.15, 0.2) is 5.96 Å². The maximum atomic E-state index is 11.9. The lowest BCUT2D eigenvalue weighted by Gasteiger charge is -2.24. The van der Waals surface area contributed by atoms with E-state index in [9.17, 15) is 4.79 Å². The molecule has 1 unspecified atom stereocenters. The largest absolute Gasteiger partial charge is 0.355 e. The first-order valence-corrected chi connectivity index (χ1v) is 10.3. The van der Waals surface area contributed by atoms with E-state index in [1.807, 2.05) is 36.0 Å². The minimum absolute atomic E-state index is 0.0274. The number of halogens is 1. The van der Waals surface area contributed by atoms with Gasteiger partial charge in [0.1, 0.15) is 0 Å². The van der Waals surface area contributed by atoms with E-state index in [4.69, 9.17) is 0 Å². The highest BCUT2D eigenvalue weighted by molar-refractivity contribution is 9.10. The number of amides is 1. The first-order valence-electron chi connectivity index (χ1n) is 8.49.